The van der Waals surface area contributed by atoms with E-state index in [1.54, 1.807) is 19.1 Å². The minimum Gasteiger partial charge on any atom is -0.496 e. The molecule has 0 aromatic heterocycles. The van der Waals surface area contributed by atoms with Crippen LogP contribution < -0.4 is 10.1 Å². The van der Waals surface area contributed by atoms with E-state index in [0.717, 1.165) is 0 Å². The molecule has 1 aliphatic heterocycles. The van der Waals surface area contributed by atoms with Crippen LogP contribution in [0.3, 0.4) is 0 Å². The fourth-order valence-electron chi connectivity index (χ4n) is 2.90. The Labute approximate surface area is 144 Å². The first-order valence-electron chi connectivity index (χ1n) is 7.89. The lowest BCUT2D eigenvalue weighted by atomic mass is 10.2. The van der Waals surface area contributed by atoms with Crippen molar-refractivity contribution in [3.05, 3.63) is 23.8 Å². The highest BCUT2D eigenvalue weighted by molar-refractivity contribution is 7.96. The van der Waals surface area contributed by atoms with Gasteiger partial charge in [0.05, 0.1) is 28.8 Å². The van der Waals surface area contributed by atoms with E-state index < -0.39 is 31.0 Å². The molecular weight excluding hydrogens is 350 g/mol. The van der Waals surface area contributed by atoms with E-state index in [2.05, 4.69) is 5.32 Å². The summed E-state index contributed by atoms with van der Waals surface area (Å²) in [4.78, 5) is 0.138. The zero-order chi connectivity index (χ0) is 18.1. The average Bonchev–Trinajstić information content (AvgIpc) is 2.80. The van der Waals surface area contributed by atoms with E-state index in [4.69, 9.17) is 4.74 Å². The second kappa shape index (κ2) is 7.01. The van der Waals surface area contributed by atoms with Crippen LogP contribution >= 0.6 is 0 Å². The average molecular weight is 376 g/mol. The van der Waals surface area contributed by atoms with Crippen LogP contribution in [0, 0.1) is 12.8 Å². The minimum absolute atomic E-state index is 0.138. The second-order valence-electron chi connectivity index (χ2n) is 6.70. The van der Waals surface area contributed by atoms with Gasteiger partial charge in [0.15, 0.2) is 19.7 Å². The van der Waals surface area contributed by atoms with E-state index in [1.165, 1.54) is 13.2 Å². The summed E-state index contributed by atoms with van der Waals surface area (Å²) in [7, 11) is -5.60. The molecule has 1 aliphatic rings. The standard InChI is InChI=1S/C16H25NO5S2/c1-11(2)8-17-14-9-23(18,19)10-16(14)24(20,21)13-5-6-15(22-4)12(3)7-13/h5-7,11,14,16-17H,8-10H2,1-4H3/t14-,16-/m0/s1. The third-order valence-electron chi connectivity index (χ3n) is 4.18. The number of hydrogen-bond acceptors (Lipinski definition) is 6. The molecule has 0 aliphatic carbocycles. The van der Waals surface area contributed by atoms with Gasteiger partial charge in [-0.15, -0.1) is 0 Å². The molecule has 8 heteroatoms. The van der Waals surface area contributed by atoms with Crippen LogP contribution in [0.25, 0.3) is 0 Å². The molecule has 136 valence electrons. The Morgan fingerprint density at radius 1 is 1.29 bits per heavy atom. The lowest BCUT2D eigenvalue weighted by Crippen LogP contribution is -2.44. The van der Waals surface area contributed by atoms with Crippen molar-refractivity contribution in [3.63, 3.8) is 0 Å². The molecule has 0 saturated carbocycles. The van der Waals surface area contributed by atoms with Crippen molar-refractivity contribution in [2.24, 2.45) is 5.92 Å². The Bertz CT molecular complexity index is 800. The maximum Gasteiger partial charge on any atom is 0.183 e. The number of sulfone groups is 2. The summed E-state index contributed by atoms with van der Waals surface area (Å²) in [5, 5.41) is 2.15. The summed E-state index contributed by atoms with van der Waals surface area (Å²) < 4.78 is 55.2. The largest absolute Gasteiger partial charge is 0.496 e. The first-order chi connectivity index (χ1) is 11.1. The van der Waals surface area contributed by atoms with Gasteiger partial charge in [-0.3, -0.25) is 0 Å². The van der Waals surface area contributed by atoms with Crippen molar-refractivity contribution < 1.29 is 21.6 Å². The van der Waals surface area contributed by atoms with Crippen molar-refractivity contribution in [1.82, 2.24) is 5.32 Å². The lowest BCUT2D eigenvalue weighted by Gasteiger charge is -2.21. The maximum atomic E-state index is 13.0. The van der Waals surface area contributed by atoms with Crippen molar-refractivity contribution in [3.8, 4) is 5.75 Å². The number of nitrogens with one attached hydrogen (secondary N) is 1. The molecule has 1 aromatic carbocycles. The Morgan fingerprint density at radius 2 is 1.96 bits per heavy atom. The predicted octanol–water partition coefficient (Wildman–Crippen LogP) is 1.19. The van der Waals surface area contributed by atoms with Crippen LogP contribution in [0.1, 0.15) is 19.4 Å². The number of aryl methyl sites for hydroxylation is 1. The van der Waals surface area contributed by atoms with E-state index >= 15 is 0 Å². The van der Waals surface area contributed by atoms with Gasteiger partial charge < -0.3 is 10.1 Å². The highest BCUT2D eigenvalue weighted by Gasteiger charge is 2.45. The molecule has 0 radical (unpaired) electrons. The number of ether oxygens (including phenoxy) is 1. The lowest BCUT2D eigenvalue weighted by molar-refractivity contribution is 0.411. The molecule has 1 aromatic rings. The predicted molar refractivity (Wildman–Crippen MR) is 94.0 cm³/mol. The van der Waals surface area contributed by atoms with Crippen molar-refractivity contribution in [2.45, 2.75) is 37.0 Å². The molecule has 0 bridgehead atoms. The molecule has 0 unspecified atom stereocenters. The zero-order valence-corrected chi connectivity index (χ0v) is 16.1. The normalized spacial score (nSPS) is 23.5. The highest BCUT2D eigenvalue weighted by Crippen LogP contribution is 2.29. The molecule has 2 atom stereocenters. The first-order valence-corrected chi connectivity index (χ1v) is 11.3. The summed E-state index contributed by atoms with van der Waals surface area (Å²) >= 11 is 0. The highest BCUT2D eigenvalue weighted by atomic mass is 32.2. The Hall–Kier alpha value is -1.12. The van der Waals surface area contributed by atoms with Crippen LogP contribution in [0.15, 0.2) is 23.1 Å². The Balaban J connectivity index is 2.36. The van der Waals surface area contributed by atoms with Crippen LogP contribution in [0.5, 0.6) is 5.75 Å². The number of rotatable bonds is 6. The second-order valence-corrected chi connectivity index (χ2v) is 11.0. The molecule has 0 amide bonds. The molecular formula is C16H25NO5S2. The number of benzene rings is 1. The molecule has 6 nitrogen and oxygen atoms in total. The SMILES string of the molecule is COc1ccc(S(=O)(=O)[C@H]2CS(=O)(=O)C[C@@H]2NCC(C)C)cc1C. The van der Waals surface area contributed by atoms with E-state index in [1.807, 2.05) is 13.8 Å². The fourth-order valence-corrected chi connectivity index (χ4v) is 7.70. The van der Waals surface area contributed by atoms with Crippen molar-refractivity contribution >= 4 is 19.7 Å². The summed E-state index contributed by atoms with van der Waals surface area (Å²) in [5.74, 6) is 0.428. The van der Waals surface area contributed by atoms with E-state index in [0.29, 0.717) is 23.8 Å². The van der Waals surface area contributed by atoms with Gasteiger partial charge in [-0.1, -0.05) is 13.8 Å². The fraction of sp³-hybridized carbons (Fsp3) is 0.625. The molecule has 2 rings (SSSR count). The summed E-state index contributed by atoms with van der Waals surface area (Å²) in [6.07, 6.45) is 0. The summed E-state index contributed by atoms with van der Waals surface area (Å²) in [6, 6.07) is 4.04. The summed E-state index contributed by atoms with van der Waals surface area (Å²) in [6.45, 7) is 6.32. The molecule has 1 saturated heterocycles. The van der Waals surface area contributed by atoms with Gasteiger partial charge in [-0.25, -0.2) is 16.8 Å². The maximum absolute atomic E-state index is 13.0. The molecule has 1 fully saturated rings. The smallest absolute Gasteiger partial charge is 0.183 e. The van der Waals surface area contributed by atoms with Gasteiger partial charge in [0.1, 0.15) is 5.75 Å². The first kappa shape index (κ1) is 19.2. The molecule has 0 spiro atoms. The monoisotopic (exact) mass is 375 g/mol. The molecule has 1 heterocycles. The van der Waals surface area contributed by atoms with Gasteiger partial charge in [0, 0.05) is 6.04 Å². The summed E-state index contributed by atoms with van der Waals surface area (Å²) in [5.41, 5.74) is 0.700. The van der Waals surface area contributed by atoms with Gasteiger partial charge in [0.25, 0.3) is 0 Å². The van der Waals surface area contributed by atoms with Gasteiger partial charge >= 0.3 is 0 Å². The molecule has 1 N–H and O–H groups in total. The van der Waals surface area contributed by atoms with Crippen molar-refractivity contribution in [1.29, 1.82) is 0 Å². The third kappa shape index (κ3) is 4.10. The van der Waals surface area contributed by atoms with Crippen molar-refractivity contribution in [2.75, 3.05) is 25.2 Å². The third-order valence-corrected chi connectivity index (χ3v) is 8.33. The van der Waals surface area contributed by atoms with Gasteiger partial charge in [0.2, 0.25) is 0 Å². The number of hydrogen-bond donors (Lipinski definition) is 1. The van der Waals surface area contributed by atoms with Crippen LogP contribution in [-0.4, -0.2) is 53.3 Å². The minimum atomic E-state index is -3.75. The van der Waals surface area contributed by atoms with E-state index in [9.17, 15) is 16.8 Å². The zero-order valence-electron chi connectivity index (χ0n) is 14.4. The van der Waals surface area contributed by atoms with E-state index in [-0.39, 0.29) is 16.4 Å². The van der Waals surface area contributed by atoms with Crippen LogP contribution in [0.2, 0.25) is 0 Å². The van der Waals surface area contributed by atoms with Crippen LogP contribution in [-0.2, 0) is 19.7 Å². The quantitative estimate of drug-likeness (QED) is 0.803. The Morgan fingerprint density at radius 3 is 2.50 bits per heavy atom. The van der Waals surface area contributed by atoms with Crippen LogP contribution in [0.4, 0.5) is 0 Å². The Kier molecular flexibility index (Phi) is 5.61. The topological polar surface area (TPSA) is 89.5 Å². The van der Waals surface area contributed by atoms with Gasteiger partial charge in [-0.05, 0) is 43.1 Å². The molecule has 24 heavy (non-hydrogen) atoms. The number of methoxy groups -OCH3 is 1. The van der Waals surface area contributed by atoms with Gasteiger partial charge in [-0.2, -0.15) is 0 Å².